The molecule has 2 heterocycles. The van der Waals surface area contributed by atoms with E-state index in [1.54, 1.807) is 6.20 Å². The number of aliphatic hydroxyl groups is 1. The second-order valence-corrected chi connectivity index (χ2v) is 9.64. The van der Waals surface area contributed by atoms with Crippen molar-refractivity contribution >= 4 is 10.9 Å². The van der Waals surface area contributed by atoms with Gasteiger partial charge < -0.3 is 15.4 Å². The number of nitrogens with two attached hydrogens (primary N) is 1. The minimum Gasteiger partial charge on any atom is -0.393 e. The van der Waals surface area contributed by atoms with Gasteiger partial charge in [0.1, 0.15) is 5.82 Å². The van der Waals surface area contributed by atoms with Crippen LogP contribution in [0.3, 0.4) is 0 Å². The summed E-state index contributed by atoms with van der Waals surface area (Å²) >= 11 is 0. The van der Waals surface area contributed by atoms with Crippen LogP contribution < -0.4 is 11.3 Å². The summed E-state index contributed by atoms with van der Waals surface area (Å²) in [5.74, 6) is 1.68. The third-order valence-corrected chi connectivity index (χ3v) is 7.35. The molecule has 2 aromatic heterocycles. The van der Waals surface area contributed by atoms with Crippen LogP contribution in [-0.4, -0.2) is 31.8 Å². The average Bonchev–Trinajstić information content (AvgIpc) is 2.75. The molecule has 2 aliphatic carbocycles. The van der Waals surface area contributed by atoms with E-state index >= 15 is 0 Å². The van der Waals surface area contributed by atoms with Gasteiger partial charge in [-0.25, -0.2) is 9.97 Å². The molecule has 2 aliphatic rings. The summed E-state index contributed by atoms with van der Waals surface area (Å²) in [5.41, 5.74) is 8.13. The third-order valence-electron chi connectivity index (χ3n) is 7.35. The largest absolute Gasteiger partial charge is 0.393 e. The van der Waals surface area contributed by atoms with E-state index in [0.29, 0.717) is 17.2 Å². The standard InChI is InChI=1S/C24H36N4O2/c1-3-15(2)12-22-26-13-20-23(27-22)21(16-4-10-19(29)11-5-16)14-28(24(20)30)18-8-6-17(25)7-9-18/h13-19,29H,3-12,25H2,1-2H3/t15-,16?,17?,18?,19?/m0/s1. The monoisotopic (exact) mass is 412 g/mol. The quantitative estimate of drug-likeness (QED) is 0.778. The summed E-state index contributed by atoms with van der Waals surface area (Å²) in [6.45, 7) is 4.39. The molecule has 6 heteroatoms. The first-order valence-corrected chi connectivity index (χ1v) is 11.8. The number of rotatable bonds is 5. The molecule has 0 saturated heterocycles. The fraction of sp³-hybridized carbons (Fsp3) is 0.708. The van der Waals surface area contributed by atoms with Crippen LogP contribution in [0.2, 0.25) is 0 Å². The summed E-state index contributed by atoms with van der Waals surface area (Å²) in [7, 11) is 0. The van der Waals surface area contributed by atoms with Crippen LogP contribution >= 0.6 is 0 Å². The van der Waals surface area contributed by atoms with Gasteiger partial charge >= 0.3 is 0 Å². The second kappa shape index (κ2) is 9.15. The maximum atomic E-state index is 13.4. The zero-order chi connectivity index (χ0) is 21.3. The van der Waals surface area contributed by atoms with Crippen molar-refractivity contribution in [1.82, 2.24) is 14.5 Å². The summed E-state index contributed by atoms with van der Waals surface area (Å²) in [4.78, 5) is 22.9. The molecular formula is C24H36N4O2. The van der Waals surface area contributed by atoms with Crippen LogP contribution in [0, 0.1) is 5.92 Å². The number of hydrogen-bond donors (Lipinski definition) is 2. The number of hydrogen-bond acceptors (Lipinski definition) is 5. The highest BCUT2D eigenvalue weighted by atomic mass is 16.3. The summed E-state index contributed by atoms with van der Waals surface area (Å²) in [6.07, 6.45) is 12.9. The molecule has 1 atom stereocenters. The Labute approximate surface area is 178 Å². The van der Waals surface area contributed by atoms with Crippen molar-refractivity contribution in [3.63, 3.8) is 0 Å². The van der Waals surface area contributed by atoms with Crippen molar-refractivity contribution in [2.24, 2.45) is 11.7 Å². The minimum atomic E-state index is -0.200. The molecule has 0 bridgehead atoms. The lowest BCUT2D eigenvalue weighted by atomic mass is 9.82. The Morgan fingerprint density at radius 2 is 1.87 bits per heavy atom. The Morgan fingerprint density at radius 3 is 2.53 bits per heavy atom. The highest BCUT2D eigenvalue weighted by Crippen LogP contribution is 2.36. The van der Waals surface area contributed by atoms with E-state index in [0.717, 1.165) is 75.5 Å². The van der Waals surface area contributed by atoms with Crippen molar-refractivity contribution in [3.05, 3.63) is 34.1 Å². The van der Waals surface area contributed by atoms with Crippen LogP contribution in [0.25, 0.3) is 10.9 Å². The first-order chi connectivity index (χ1) is 14.5. The van der Waals surface area contributed by atoms with E-state index < -0.39 is 0 Å². The molecule has 4 rings (SSSR count). The fourth-order valence-corrected chi connectivity index (χ4v) is 5.09. The Bertz CT molecular complexity index is 925. The molecular weight excluding hydrogens is 376 g/mol. The van der Waals surface area contributed by atoms with Gasteiger partial charge in [0, 0.05) is 30.9 Å². The van der Waals surface area contributed by atoms with Crippen LogP contribution in [0.1, 0.15) is 95.0 Å². The number of nitrogens with zero attached hydrogens (tertiary/aromatic N) is 3. The van der Waals surface area contributed by atoms with Crippen molar-refractivity contribution in [2.75, 3.05) is 0 Å². The summed E-state index contributed by atoms with van der Waals surface area (Å²) < 4.78 is 1.95. The molecule has 2 aromatic rings. The molecule has 6 nitrogen and oxygen atoms in total. The SMILES string of the molecule is CC[C@H](C)Cc1ncc2c(=O)n(C3CCC(N)CC3)cc(C3CCC(O)CC3)c2n1. The normalized spacial score (nSPS) is 28.5. The fourth-order valence-electron chi connectivity index (χ4n) is 5.09. The molecule has 2 saturated carbocycles. The highest BCUT2D eigenvalue weighted by Gasteiger charge is 2.27. The van der Waals surface area contributed by atoms with E-state index in [9.17, 15) is 9.90 Å². The van der Waals surface area contributed by atoms with Gasteiger partial charge in [-0.2, -0.15) is 0 Å². The Kier molecular flexibility index (Phi) is 6.54. The van der Waals surface area contributed by atoms with Gasteiger partial charge in [-0.1, -0.05) is 20.3 Å². The van der Waals surface area contributed by atoms with Crippen LogP contribution in [0.5, 0.6) is 0 Å². The van der Waals surface area contributed by atoms with Crippen molar-refractivity contribution in [3.8, 4) is 0 Å². The number of pyridine rings is 1. The molecule has 30 heavy (non-hydrogen) atoms. The lowest BCUT2D eigenvalue weighted by Gasteiger charge is -2.30. The van der Waals surface area contributed by atoms with E-state index in [1.165, 1.54) is 5.56 Å². The summed E-state index contributed by atoms with van der Waals surface area (Å²) in [5, 5.41) is 10.6. The molecule has 164 valence electrons. The average molecular weight is 413 g/mol. The maximum absolute atomic E-state index is 13.4. The summed E-state index contributed by atoms with van der Waals surface area (Å²) in [6, 6.07) is 0.456. The topological polar surface area (TPSA) is 94.0 Å². The predicted octanol–water partition coefficient (Wildman–Crippen LogP) is 3.84. The first-order valence-electron chi connectivity index (χ1n) is 11.8. The van der Waals surface area contributed by atoms with Crippen molar-refractivity contribution in [2.45, 2.75) is 102 Å². The molecule has 0 spiro atoms. The zero-order valence-corrected chi connectivity index (χ0v) is 18.4. The lowest BCUT2D eigenvalue weighted by Crippen LogP contribution is -2.33. The van der Waals surface area contributed by atoms with Gasteiger partial charge in [0.15, 0.2) is 0 Å². The van der Waals surface area contributed by atoms with Crippen LogP contribution in [0.15, 0.2) is 17.2 Å². The first kappa shape index (κ1) is 21.4. The Morgan fingerprint density at radius 1 is 1.17 bits per heavy atom. The van der Waals surface area contributed by atoms with Gasteiger partial charge in [0.2, 0.25) is 0 Å². The number of fused-ring (bicyclic) bond motifs is 1. The van der Waals surface area contributed by atoms with Crippen LogP contribution in [0.4, 0.5) is 0 Å². The van der Waals surface area contributed by atoms with E-state index in [2.05, 4.69) is 25.0 Å². The molecule has 0 unspecified atom stereocenters. The van der Waals surface area contributed by atoms with Crippen molar-refractivity contribution < 1.29 is 5.11 Å². The molecule has 3 N–H and O–H groups in total. The zero-order valence-electron chi connectivity index (χ0n) is 18.4. The maximum Gasteiger partial charge on any atom is 0.261 e. The van der Waals surface area contributed by atoms with Crippen LogP contribution in [-0.2, 0) is 6.42 Å². The van der Waals surface area contributed by atoms with Gasteiger partial charge in [-0.3, -0.25) is 4.79 Å². The minimum absolute atomic E-state index is 0.0279. The van der Waals surface area contributed by atoms with Crippen molar-refractivity contribution in [1.29, 1.82) is 0 Å². The molecule has 0 radical (unpaired) electrons. The van der Waals surface area contributed by atoms with Gasteiger partial charge in [0.25, 0.3) is 5.56 Å². The highest BCUT2D eigenvalue weighted by molar-refractivity contribution is 5.80. The number of aromatic nitrogens is 3. The van der Waals surface area contributed by atoms with Gasteiger partial charge in [0.05, 0.1) is 17.0 Å². The van der Waals surface area contributed by atoms with Gasteiger partial charge in [-0.15, -0.1) is 0 Å². The number of aliphatic hydroxyl groups excluding tert-OH is 1. The lowest BCUT2D eigenvalue weighted by molar-refractivity contribution is 0.122. The molecule has 2 fully saturated rings. The smallest absolute Gasteiger partial charge is 0.261 e. The van der Waals surface area contributed by atoms with E-state index in [1.807, 2.05) is 4.57 Å². The third kappa shape index (κ3) is 4.45. The van der Waals surface area contributed by atoms with E-state index in [4.69, 9.17) is 10.7 Å². The Hall–Kier alpha value is -1.79. The van der Waals surface area contributed by atoms with Gasteiger partial charge in [-0.05, 0) is 68.8 Å². The van der Waals surface area contributed by atoms with E-state index in [-0.39, 0.29) is 23.7 Å². The second-order valence-electron chi connectivity index (χ2n) is 9.64. The predicted molar refractivity (Wildman–Crippen MR) is 120 cm³/mol. The molecule has 0 aliphatic heterocycles. The Balaban J connectivity index is 1.79. The molecule has 0 amide bonds. The molecule has 0 aromatic carbocycles.